The maximum absolute atomic E-state index is 13.8. The summed E-state index contributed by atoms with van der Waals surface area (Å²) in [6.07, 6.45) is 4.63. The number of likely N-dealkylation sites (tertiary alicyclic amines) is 1. The van der Waals surface area contributed by atoms with Crippen LogP contribution in [0.3, 0.4) is 0 Å². The second-order valence-corrected chi connectivity index (χ2v) is 11.3. The summed E-state index contributed by atoms with van der Waals surface area (Å²) in [5, 5.41) is 9.20. The van der Waals surface area contributed by atoms with Crippen molar-refractivity contribution in [3.63, 3.8) is 0 Å². The minimum Gasteiger partial charge on any atom is -0.342 e. The zero-order valence-corrected chi connectivity index (χ0v) is 23.8. The fourth-order valence-corrected chi connectivity index (χ4v) is 4.62. The van der Waals surface area contributed by atoms with Gasteiger partial charge in [-0.25, -0.2) is 0 Å². The number of nitrogens with zero attached hydrogens (tertiary/aromatic N) is 2. The second kappa shape index (κ2) is 15.1. The van der Waals surface area contributed by atoms with Crippen molar-refractivity contribution < 1.29 is 14.4 Å². The van der Waals surface area contributed by atoms with E-state index in [1.165, 1.54) is 5.56 Å². The number of hydrogen-bond acceptors (Lipinski definition) is 5. The van der Waals surface area contributed by atoms with E-state index in [4.69, 9.17) is 0 Å². The number of benzene rings is 1. The van der Waals surface area contributed by atoms with E-state index < -0.39 is 17.5 Å². The Morgan fingerprint density at radius 2 is 1.86 bits per heavy atom. The molecule has 1 aromatic carbocycles. The molecule has 0 bridgehead atoms. The van der Waals surface area contributed by atoms with E-state index in [0.29, 0.717) is 26.2 Å². The molecule has 37 heavy (non-hydrogen) atoms. The highest BCUT2D eigenvalue weighted by Crippen LogP contribution is 2.26. The third-order valence-corrected chi connectivity index (χ3v) is 7.17. The van der Waals surface area contributed by atoms with Crippen LogP contribution in [0.1, 0.15) is 65.9 Å². The summed E-state index contributed by atoms with van der Waals surface area (Å²) in [5.41, 5.74) is 0.743. The van der Waals surface area contributed by atoms with Gasteiger partial charge in [-0.1, -0.05) is 64.4 Å². The van der Waals surface area contributed by atoms with Gasteiger partial charge in [0.2, 0.25) is 17.7 Å². The number of carbonyl (C=O) groups excluding carboxylic acids is 3. The van der Waals surface area contributed by atoms with Crippen molar-refractivity contribution in [1.29, 1.82) is 0 Å². The molecule has 0 saturated carbocycles. The Morgan fingerprint density at radius 1 is 1.16 bits per heavy atom. The van der Waals surface area contributed by atoms with Crippen molar-refractivity contribution >= 4 is 17.7 Å². The molecule has 3 N–H and O–H groups in total. The maximum atomic E-state index is 13.8. The molecule has 0 aromatic heterocycles. The van der Waals surface area contributed by atoms with Crippen molar-refractivity contribution in [2.45, 2.75) is 84.8 Å². The van der Waals surface area contributed by atoms with Crippen LogP contribution in [0, 0.1) is 5.41 Å². The third-order valence-electron chi connectivity index (χ3n) is 7.17. The molecule has 8 heteroatoms. The molecule has 208 valence electrons. The van der Waals surface area contributed by atoms with E-state index in [1.54, 1.807) is 14.0 Å². The molecule has 0 spiro atoms. The van der Waals surface area contributed by atoms with Crippen molar-refractivity contribution in [1.82, 2.24) is 25.8 Å². The minimum atomic E-state index is -0.638. The topological polar surface area (TPSA) is 93.8 Å². The smallest absolute Gasteiger partial charge is 0.246 e. The second-order valence-electron chi connectivity index (χ2n) is 11.3. The van der Waals surface area contributed by atoms with Gasteiger partial charge in [0.1, 0.15) is 6.04 Å². The van der Waals surface area contributed by atoms with E-state index in [1.807, 2.05) is 48.8 Å². The number of unbranched alkanes of at least 4 members (excludes halogenated alkanes) is 1. The number of rotatable bonds is 14. The van der Waals surface area contributed by atoms with Crippen LogP contribution in [0.4, 0.5) is 0 Å². The van der Waals surface area contributed by atoms with Crippen LogP contribution < -0.4 is 16.0 Å². The van der Waals surface area contributed by atoms with E-state index >= 15 is 0 Å². The van der Waals surface area contributed by atoms with Gasteiger partial charge in [-0.2, -0.15) is 0 Å². The average Bonchev–Trinajstić information content (AvgIpc) is 3.34. The Bertz CT molecular complexity index is 855. The van der Waals surface area contributed by atoms with Gasteiger partial charge >= 0.3 is 0 Å². The molecule has 0 aliphatic carbocycles. The van der Waals surface area contributed by atoms with Gasteiger partial charge in [-0.3, -0.25) is 14.4 Å². The monoisotopic (exact) mass is 515 g/mol. The van der Waals surface area contributed by atoms with Crippen molar-refractivity contribution in [3.05, 3.63) is 35.9 Å². The summed E-state index contributed by atoms with van der Waals surface area (Å²) in [6, 6.07) is 9.09. The van der Waals surface area contributed by atoms with Gasteiger partial charge in [0, 0.05) is 25.7 Å². The molecule has 1 aliphatic heterocycles. The molecule has 1 fully saturated rings. The molecule has 1 aromatic rings. The first-order valence-electron chi connectivity index (χ1n) is 13.9. The molecule has 2 unspecified atom stereocenters. The van der Waals surface area contributed by atoms with Crippen LogP contribution in [0.25, 0.3) is 0 Å². The predicted octanol–water partition coefficient (Wildman–Crippen LogP) is 2.58. The number of amides is 3. The molecule has 0 radical (unpaired) electrons. The Labute approximate surface area is 223 Å². The number of carbonyl (C=O) groups is 3. The zero-order valence-electron chi connectivity index (χ0n) is 23.8. The van der Waals surface area contributed by atoms with Gasteiger partial charge in [0.05, 0.1) is 12.6 Å². The van der Waals surface area contributed by atoms with Crippen LogP contribution in [0.5, 0.6) is 0 Å². The molecule has 3 atom stereocenters. The summed E-state index contributed by atoms with van der Waals surface area (Å²) in [4.78, 5) is 43.5. The molecule has 1 saturated heterocycles. The zero-order chi connectivity index (χ0) is 27.4. The molecule has 3 amide bonds. The van der Waals surface area contributed by atoms with Crippen molar-refractivity contribution in [2.75, 3.05) is 39.8 Å². The van der Waals surface area contributed by atoms with Gasteiger partial charge in [0.15, 0.2) is 0 Å². The number of nitrogens with one attached hydrogen (secondary N) is 3. The average molecular weight is 516 g/mol. The van der Waals surface area contributed by atoms with E-state index in [-0.39, 0.29) is 23.8 Å². The Morgan fingerprint density at radius 3 is 2.49 bits per heavy atom. The van der Waals surface area contributed by atoms with Crippen LogP contribution in [-0.2, 0) is 20.8 Å². The van der Waals surface area contributed by atoms with Crippen molar-refractivity contribution in [2.24, 2.45) is 5.41 Å². The van der Waals surface area contributed by atoms with E-state index in [9.17, 15) is 14.4 Å². The molecule has 1 aliphatic rings. The van der Waals surface area contributed by atoms with E-state index in [2.05, 4.69) is 35.0 Å². The lowest BCUT2D eigenvalue weighted by atomic mass is 9.85. The highest BCUT2D eigenvalue weighted by molar-refractivity contribution is 5.90. The minimum absolute atomic E-state index is 0.0636. The summed E-state index contributed by atoms with van der Waals surface area (Å²) in [5.74, 6) is -0.192. The Kier molecular flexibility index (Phi) is 12.5. The molecule has 2 rings (SSSR count). The first kappa shape index (κ1) is 30.8. The van der Waals surface area contributed by atoms with Gasteiger partial charge in [-0.15, -0.1) is 0 Å². The summed E-state index contributed by atoms with van der Waals surface area (Å²) >= 11 is 0. The summed E-state index contributed by atoms with van der Waals surface area (Å²) in [7, 11) is 1.73. The van der Waals surface area contributed by atoms with Crippen molar-refractivity contribution in [3.8, 4) is 0 Å². The van der Waals surface area contributed by atoms with Gasteiger partial charge in [-0.05, 0) is 57.2 Å². The maximum Gasteiger partial charge on any atom is 0.246 e. The predicted molar refractivity (Wildman–Crippen MR) is 149 cm³/mol. The fourth-order valence-electron chi connectivity index (χ4n) is 4.62. The quantitative estimate of drug-likeness (QED) is 0.331. The third kappa shape index (κ3) is 9.74. The number of likely N-dealkylation sites (N-methyl/N-ethyl adjacent to an activating group) is 1. The summed E-state index contributed by atoms with van der Waals surface area (Å²) < 4.78 is 0. The Hall–Kier alpha value is -2.45. The first-order chi connectivity index (χ1) is 17.6. The van der Waals surface area contributed by atoms with Crippen LogP contribution in [0.15, 0.2) is 30.3 Å². The van der Waals surface area contributed by atoms with Crippen LogP contribution in [0.2, 0.25) is 0 Å². The lowest BCUT2D eigenvalue weighted by Gasteiger charge is -2.37. The fraction of sp³-hybridized carbons (Fsp3) is 0.690. The molecule has 1 heterocycles. The molecular weight excluding hydrogens is 466 g/mol. The lowest BCUT2D eigenvalue weighted by Crippen LogP contribution is -2.59. The van der Waals surface area contributed by atoms with Crippen LogP contribution in [-0.4, -0.2) is 85.4 Å². The highest BCUT2D eigenvalue weighted by atomic mass is 16.2. The highest BCUT2D eigenvalue weighted by Gasteiger charge is 2.40. The normalized spacial score (nSPS) is 17.4. The first-order valence-corrected chi connectivity index (χ1v) is 13.9. The molecule has 8 nitrogen and oxygen atoms in total. The molecular formula is C29H49N5O3. The van der Waals surface area contributed by atoms with Gasteiger partial charge < -0.3 is 25.8 Å². The van der Waals surface area contributed by atoms with Crippen LogP contribution >= 0.6 is 0 Å². The SMILES string of the molecule is CCCCNCC(=O)N(CCc1ccccc1)CC1CCCN1C(=O)C(NC(=O)[C@H](C)NC)C(C)(C)C. The van der Waals surface area contributed by atoms with E-state index in [0.717, 1.165) is 38.6 Å². The lowest BCUT2D eigenvalue weighted by molar-refractivity contribution is -0.142. The largest absolute Gasteiger partial charge is 0.342 e. The Balaban J connectivity index is 2.15. The summed E-state index contributed by atoms with van der Waals surface area (Å²) in [6.45, 7) is 12.7. The van der Waals surface area contributed by atoms with Gasteiger partial charge in [0.25, 0.3) is 0 Å². The standard InChI is InChI=1S/C29H49N5O3/c1-7-8-17-31-20-25(35)33(19-16-23-13-10-9-11-14-23)21-24-15-12-18-34(24)28(37)26(29(3,4)5)32-27(36)22(2)30-6/h9-11,13-14,22,24,26,30-31H,7-8,12,15-21H2,1-6H3,(H,32,36)/t22-,24?,26?/m0/s1. The number of hydrogen-bond donors (Lipinski definition) is 3.